The van der Waals surface area contributed by atoms with Crippen molar-refractivity contribution < 1.29 is 9.18 Å². The fraction of sp³-hybridized carbons (Fsp3) is 0.222. The molecule has 0 aliphatic rings. The van der Waals surface area contributed by atoms with Crippen LogP contribution in [0.1, 0.15) is 18.5 Å². The van der Waals surface area contributed by atoms with Crippen molar-refractivity contribution in [3.63, 3.8) is 0 Å². The Morgan fingerprint density at radius 1 is 1.62 bits per heavy atom. The van der Waals surface area contributed by atoms with Gasteiger partial charge in [-0.15, -0.1) is 0 Å². The molecule has 0 saturated carbocycles. The number of carbonyl (C=O) groups excluding carboxylic acids is 1. The van der Waals surface area contributed by atoms with Gasteiger partial charge in [0.25, 0.3) is 0 Å². The van der Waals surface area contributed by atoms with Crippen molar-refractivity contribution in [3.8, 4) is 0 Å². The molecule has 0 saturated heterocycles. The van der Waals surface area contributed by atoms with Gasteiger partial charge in [-0.25, -0.2) is 4.39 Å². The largest absolute Gasteiger partial charge is 0.318 e. The summed E-state index contributed by atoms with van der Waals surface area (Å²) < 4.78 is 13.1. The summed E-state index contributed by atoms with van der Waals surface area (Å²) in [7, 11) is 0. The zero-order valence-electron chi connectivity index (χ0n) is 7.05. The van der Waals surface area contributed by atoms with E-state index in [2.05, 4.69) is 0 Å². The number of Topliss-reactive ketones (excluding diaryl/α,β-unsaturated/α-hetero) is 1. The number of hydrogen-bond acceptors (Lipinski definition) is 2. The predicted molar refractivity (Wildman–Crippen MR) is 49.0 cm³/mol. The second-order valence-corrected chi connectivity index (χ2v) is 3.13. The molecule has 1 rings (SSSR count). The Balaban J connectivity index is 3.20. The lowest BCUT2D eigenvalue weighted by atomic mass is 10.0. The van der Waals surface area contributed by atoms with E-state index in [-0.39, 0.29) is 16.4 Å². The zero-order valence-corrected chi connectivity index (χ0v) is 7.81. The molecule has 0 amide bonds. The first-order valence-electron chi connectivity index (χ1n) is 3.74. The van der Waals surface area contributed by atoms with E-state index >= 15 is 0 Å². The number of nitrogens with two attached hydrogens (primary N) is 1. The zero-order chi connectivity index (χ0) is 10.0. The van der Waals surface area contributed by atoms with E-state index in [1.54, 1.807) is 0 Å². The van der Waals surface area contributed by atoms with Crippen LogP contribution in [0.3, 0.4) is 0 Å². The van der Waals surface area contributed by atoms with Crippen LogP contribution in [0.4, 0.5) is 4.39 Å². The third-order valence-corrected chi connectivity index (χ3v) is 2.08. The lowest BCUT2D eigenvalue weighted by Crippen LogP contribution is -2.20. The Hall–Kier alpha value is -0.930. The Bertz CT molecular complexity index is 320. The third-order valence-electron chi connectivity index (χ3n) is 1.75. The summed E-state index contributed by atoms with van der Waals surface area (Å²) in [6.07, 6.45) is 0. The number of carbonyl (C=O) groups is 1. The lowest BCUT2D eigenvalue weighted by Gasteiger charge is -2.10. The van der Waals surface area contributed by atoms with Crippen molar-refractivity contribution in [2.24, 2.45) is 5.73 Å². The van der Waals surface area contributed by atoms with Gasteiger partial charge in [0, 0.05) is 10.6 Å². The topological polar surface area (TPSA) is 43.1 Å². The SMILES string of the molecule is CC(=O)C(N)c1c(F)cccc1Cl. The predicted octanol–water partition coefficient (Wildman–Crippen LogP) is 2.07. The molecule has 0 radical (unpaired) electrons. The normalized spacial score (nSPS) is 12.6. The van der Waals surface area contributed by atoms with Crippen LogP contribution in [0.2, 0.25) is 5.02 Å². The van der Waals surface area contributed by atoms with Crippen LogP contribution in [0.15, 0.2) is 18.2 Å². The van der Waals surface area contributed by atoms with Crippen LogP contribution >= 0.6 is 11.6 Å². The fourth-order valence-corrected chi connectivity index (χ4v) is 1.29. The summed E-state index contributed by atoms with van der Waals surface area (Å²) in [6.45, 7) is 1.30. The van der Waals surface area contributed by atoms with Crippen LogP contribution in [-0.4, -0.2) is 5.78 Å². The molecular weight excluding hydrogens is 193 g/mol. The Morgan fingerprint density at radius 2 is 2.23 bits per heavy atom. The van der Waals surface area contributed by atoms with E-state index in [1.807, 2.05) is 0 Å². The standard InChI is InChI=1S/C9H9ClFNO/c1-5(13)9(12)8-6(10)3-2-4-7(8)11/h2-4,9H,12H2,1H3. The molecule has 1 atom stereocenters. The van der Waals surface area contributed by atoms with E-state index in [0.717, 1.165) is 0 Å². The first-order valence-corrected chi connectivity index (χ1v) is 4.11. The highest BCUT2D eigenvalue weighted by molar-refractivity contribution is 6.31. The van der Waals surface area contributed by atoms with Crippen molar-refractivity contribution in [1.82, 2.24) is 0 Å². The summed E-state index contributed by atoms with van der Waals surface area (Å²) >= 11 is 5.70. The smallest absolute Gasteiger partial charge is 0.151 e. The van der Waals surface area contributed by atoms with Gasteiger partial charge < -0.3 is 5.73 Å². The van der Waals surface area contributed by atoms with Crippen molar-refractivity contribution in [3.05, 3.63) is 34.6 Å². The van der Waals surface area contributed by atoms with E-state index in [1.165, 1.54) is 25.1 Å². The van der Waals surface area contributed by atoms with Crippen LogP contribution in [0.5, 0.6) is 0 Å². The molecule has 2 N–H and O–H groups in total. The minimum atomic E-state index is -0.978. The molecule has 0 aliphatic carbocycles. The summed E-state index contributed by atoms with van der Waals surface area (Å²) in [4.78, 5) is 10.9. The van der Waals surface area contributed by atoms with Crippen molar-refractivity contribution >= 4 is 17.4 Å². The summed E-state index contributed by atoms with van der Waals surface area (Å²) in [6, 6.07) is 3.22. The van der Waals surface area contributed by atoms with Crippen LogP contribution in [-0.2, 0) is 4.79 Å². The van der Waals surface area contributed by atoms with Gasteiger partial charge in [0.1, 0.15) is 5.82 Å². The van der Waals surface area contributed by atoms with Gasteiger partial charge in [0.05, 0.1) is 6.04 Å². The van der Waals surface area contributed by atoms with Gasteiger partial charge in [-0.1, -0.05) is 17.7 Å². The summed E-state index contributed by atoms with van der Waals surface area (Å²) in [5.41, 5.74) is 5.53. The van der Waals surface area contributed by atoms with Gasteiger partial charge in [-0.2, -0.15) is 0 Å². The van der Waals surface area contributed by atoms with E-state index in [4.69, 9.17) is 17.3 Å². The molecule has 0 aliphatic heterocycles. The van der Waals surface area contributed by atoms with Crippen molar-refractivity contribution in [1.29, 1.82) is 0 Å². The molecule has 0 aromatic heterocycles. The quantitative estimate of drug-likeness (QED) is 0.796. The lowest BCUT2D eigenvalue weighted by molar-refractivity contribution is -0.118. The molecule has 0 heterocycles. The van der Waals surface area contributed by atoms with E-state index in [0.29, 0.717) is 0 Å². The molecule has 0 fully saturated rings. The maximum atomic E-state index is 13.1. The number of halogens is 2. The minimum Gasteiger partial charge on any atom is -0.318 e. The molecule has 70 valence electrons. The maximum Gasteiger partial charge on any atom is 0.151 e. The molecule has 1 aromatic carbocycles. The van der Waals surface area contributed by atoms with E-state index in [9.17, 15) is 9.18 Å². The highest BCUT2D eigenvalue weighted by Gasteiger charge is 2.18. The Morgan fingerprint density at radius 3 is 2.69 bits per heavy atom. The summed E-state index contributed by atoms with van der Waals surface area (Å²) in [5.74, 6) is -0.859. The highest BCUT2D eigenvalue weighted by atomic mass is 35.5. The van der Waals surface area contributed by atoms with Crippen LogP contribution < -0.4 is 5.73 Å². The molecule has 1 aromatic rings. The Labute approximate surface area is 80.5 Å². The molecule has 13 heavy (non-hydrogen) atoms. The third kappa shape index (κ3) is 2.05. The molecule has 0 bridgehead atoms. The molecule has 1 unspecified atom stereocenters. The molecule has 0 spiro atoms. The average Bonchev–Trinajstić information content (AvgIpc) is 2.03. The second-order valence-electron chi connectivity index (χ2n) is 2.72. The highest BCUT2D eigenvalue weighted by Crippen LogP contribution is 2.24. The van der Waals surface area contributed by atoms with Gasteiger partial charge in [-0.3, -0.25) is 4.79 Å². The molecule has 2 nitrogen and oxygen atoms in total. The number of rotatable bonds is 2. The van der Waals surface area contributed by atoms with Gasteiger partial charge in [0.15, 0.2) is 5.78 Å². The molecular formula is C9H9ClFNO. The van der Waals surface area contributed by atoms with Crippen molar-refractivity contribution in [2.75, 3.05) is 0 Å². The Kier molecular flexibility index (Phi) is 3.01. The van der Waals surface area contributed by atoms with Crippen molar-refractivity contribution in [2.45, 2.75) is 13.0 Å². The first kappa shape index (κ1) is 10.2. The molecule has 4 heteroatoms. The van der Waals surface area contributed by atoms with Gasteiger partial charge in [-0.05, 0) is 19.1 Å². The minimum absolute atomic E-state index is 0.0664. The second kappa shape index (κ2) is 3.85. The number of ketones is 1. The number of hydrogen-bond donors (Lipinski definition) is 1. The maximum absolute atomic E-state index is 13.1. The monoisotopic (exact) mass is 201 g/mol. The van der Waals surface area contributed by atoms with Gasteiger partial charge >= 0.3 is 0 Å². The van der Waals surface area contributed by atoms with E-state index < -0.39 is 11.9 Å². The average molecular weight is 202 g/mol. The van der Waals surface area contributed by atoms with Crippen LogP contribution in [0.25, 0.3) is 0 Å². The first-order chi connectivity index (χ1) is 6.04. The van der Waals surface area contributed by atoms with Gasteiger partial charge in [0.2, 0.25) is 0 Å². The summed E-state index contributed by atoms with van der Waals surface area (Å²) in [5, 5.41) is 0.183. The van der Waals surface area contributed by atoms with Crippen LogP contribution in [0, 0.1) is 5.82 Å². The fourth-order valence-electron chi connectivity index (χ4n) is 1.01. The number of benzene rings is 1.